The van der Waals surface area contributed by atoms with Crippen molar-refractivity contribution >= 4 is 34.9 Å². The van der Waals surface area contributed by atoms with Crippen LogP contribution in [-0.4, -0.2) is 19.3 Å². The maximum absolute atomic E-state index is 11.2. The molecule has 2 rings (SSSR count). The largest absolute Gasteiger partial charge is 0.453 e. The molecule has 1 heterocycles. The maximum Gasteiger partial charge on any atom is 0.411 e. The molecule has 0 spiro atoms. The zero-order valence-electron chi connectivity index (χ0n) is 13.7. The molecule has 0 saturated carbocycles. The van der Waals surface area contributed by atoms with Crippen molar-refractivity contribution in [3.63, 3.8) is 0 Å². The van der Waals surface area contributed by atoms with E-state index in [1.54, 1.807) is 24.3 Å². The second-order valence-corrected chi connectivity index (χ2v) is 6.05. The lowest BCUT2D eigenvalue weighted by molar-refractivity contribution is 0.110. The number of thiophene rings is 1. The summed E-state index contributed by atoms with van der Waals surface area (Å²) in [6.07, 6.45) is 0.241. The lowest BCUT2D eigenvalue weighted by atomic mass is 10.0. The minimum Gasteiger partial charge on any atom is -0.453 e. The summed E-state index contributed by atoms with van der Waals surface area (Å²) in [5.74, 6) is 0. The highest BCUT2D eigenvalue weighted by atomic mass is 32.1. The minimum absolute atomic E-state index is 0.459. The molecule has 0 radical (unpaired) electrons. The molecule has 5 N–H and O–H groups in total. The van der Waals surface area contributed by atoms with Crippen molar-refractivity contribution in [1.29, 1.82) is 0 Å². The number of nitrogen functional groups attached to an aromatic ring is 1. The van der Waals surface area contributed by atoms with Gasteiger partial charge in [-0.25, -0.2) is 9.59 Å². The number of amides is 2. The SMILES string of the molecule is C=CC[C@H](OC(N)=O)c1cc(-c2ccc(NC(=O)OC)cc2N)cs1. The normalized spacial score (nSPS) is 11.4. The second kappa shape index (κ2) is 8.20. The highest BCUT2D eigenvalue weighted by molar-refractivity contribution is 7.10. The van der Waals surface area contributed by atoms with Gasteiger partial charge in [0.1, 0.15) is 6.10 Å². The van der Waals surface area contributed by atoms with Crippen LogP contribution in [0.3, 0.4) is 0 Å². The van der Waals surface area contributed by atoms with Crippen LogP contribution in [0.2, 0.25) is 0 Å². The van der Waals surface area contributed by atoms with Gasteiger partial charge >= 0.3 is 12.2 Å². The maximum atomic E-state index is 11.2. The monoisotopic (exact) mass is 361 g/mol. The molecule has 7 nitrogen and oxygen atoms in total. The van der Waals surface area contributed by atoms with Crippen molar-refractivity contribution in [2.75, 3.05) is 18.2 Å². The number of hydrogen-bond acceptors (Lipinski definition) is 6. The van der Waals surface area contributed by atoms with Crippen molar-refractivity contribution in [3.8, 4) is 11.1 Å². The molecule has 132 valence electrons. The molecule has 1 aromatic carbocycles. The fourth-order valence-corrected chi connectivity index (χ4v) is 3.20. The first kappa shape index (κ1) is 18.3. The van der Waals surface area contributed by atoms with Gasteiger partial charge in [-0.05, 0) is 29.1 Å². The highest BCUT2D eigenvalue weighted by Crippen LogP contribution is 2.36. The van der Waals surface area contributed by atoms with Crippen molar-refractivity contribution in [3.05, 3.63) is 47.2 Å². The van der Waals surface area contributed by atoms with Crippen molar-refractivity contribution in [2.24, 2.45) is 5.73 Å². The smallest absolute Gasteiger partial charge is 0.411 e. The molecule has 0 unspecified atom stereocenters. The lowest BCUT2D eigenvalue weighted by Gasteiger charge is -2.12. The first-order valence-electron chi connectivity index (χ1n) is 7.35. The third kappa shape index (κ3) is 4.74. The van der Waals surface area contributed by atoms with Gasteiger partial charge in [-0.15, -0.1) is 17.9 Å². The third-order valence-corrected chi connectivity index (χ3v) is 4.40. The number of nitrogens with one attached hydrogen (secondary N) is 1. The van der Waals surface area contributed by atoms with Gasteiger partial charge < -0.3 is 20.9 Å². The average molecular weight is 361 g/mol. The third-order valence-electron chi connectivity index (χ3n) is 3.37. The van der Waals surface area contributed by atoms with E-state index in [-0.39, 0.29) is 0 Å². The molecule has 8 heteroatoms. The Hall–Kier alpha value is -3.00. The van der Waals surface area contributed by atoms with Gasteiger partial charge in [0, 0.05) is 28.2 Å². The summed E-state index contributed by atoms with van der Waals surface area (Å²) in [7, 11) is 1.29. The van der Waals surface area contributed by atoms with Gasteiger partial charge in [0.25, 0.3) is 0 Å². The predicted molar refractivity (Wildman–Crippen MR) is 98.4 cm³/mol. The highest BCUT2D eigenvalue weighted by Gasteiger charge is 2.17. The molecule has 0 saturated heterocycles. The zero-order chi connectivity index (χ0) is 18.4. The fraction of sp³-hybridized carbons (Fsp3) is 0.176. The van der Waals surface area contributed by atoms with Gasteiger partial charge in [0.15, 0.2) is 0 Å². The van der Waals surface area contributed by atoms with Crippen molar-refractivity contribution in [1.82, 2.24) is 0 Å². The number of primary amides is 1. The number of rotatable bonds is 6. The topological polar surface area (TPSA) is 117 Å². The molecule has 1 atom stereocenters. The predicted octanol–water partition coefficient (Wildman–Crippen LogP) is 3.89. The molecular formula is C17H19N3O4S. The Bertz CT molecular complexity index is 788. The Kier molecular flexibility index (Phi) is 6.02. The molecular weight excluding hydrogens is 342 g/mol. The van der Waals surface area contributed by atoms with E-state index in [2.05, 4.69) is 16.6 Å². The number of carbonyl (C=O) groups is 2. The Balaban J connectivity index is 2.24. The van der Waals surface area contributed by atoms with Crippen LogP contribution in [0, 0.1) is 0 Å². The Morgan fingerprint density at radius 1 is 1.40 bits per heavy atom. The number of hydrogen-bond donors (Lipinski definition) is 3. The fourth-order valence-electron chi connectivity index (χ4n) is 2.25. The lowest BCUT2D eigenvalue weighted by Crippen LogP contribution is -2.16. The quantitative estimate of drug-likeness (QED) is 0.533. The molecule has 0 aliphatic carbocycles. The van der Waals surface area contributed by atoms with E-state index in [1.807, 2.05) is 11.4 Å². The number of ether oxygens (including phenoxy) is 2. The summed E-state index contributed by atoms with van der Waals surface area (Å²) < 4.78 is 9.66. The van der Waals surface area contributed by atoms with E-state index >= 15 is 0 Å². The number of carbonyl (C=O) groups excluding carboxylic acids is 2. The minimum atomic E-state index is -0.834. The first-order chi connectivity index (χ1) is 11.9. The molecule has 0 fully saturated rings. The molecule has 0 aliphatic heterocycles. The second-order valence-electron chi connectivity index (χ2n) is 5.11. The van der Waals surface area contributed by atoms with E-state index in [1.165, 1.54) is 18.4 Å². The van der Waals surface area contributed by atoms with Gasteiger partial charge in [-0.1, -0.05) is 12.1 Å². The van der Waals surface area contributed by atoms with Crippen LogP contribution in [0.1, 0.15) is 17.4 Å². The number of anilines is 2. The van der Waals surface area contributed by atoms with E-state index in [0.29, 0.717) is 17.8 Å². The summed E-state index contributed by atoms with van der Waals surface area (Å²) in [4.78, 5) is 23.1. The zero-order valence-corrected chi connectivity index (χ0v) is 14.5. The summed E-state index contributed by atoms with van der Waals surface area (Å²) in [5.41, 5.74) is 13.9. The molecule has 1 aromatic heterocycles. The van der Waals surface area contributed by atoms with E-state index < -0.39 is 18.3 Å². The van der Waals surface area contributed by atoms with Gasteiger partial charge in [0.05, 0.1) is 7.11 Å². The van der Waals surface area contributed by atoms with Crippen LogP contribution in [0.4, 0.5) is 21.0 Å². The summed E-state index contributed by atoms with van der Waals surface area (Å²) in [6.45, 7) is 3.66. The summed E-state index contributed by atoms with van der Waals surface area (Å²) >= 11 is 1.44. The van der Waals surface area contributed by atoms with Gasteiger partial charge in [-0.3, -0.25) is 5.32 Å². The van der Waals surface area contributed by atoms with E-state index in [4.69, 9.17) is 16.2 Å². The van der Waals surface area contributed by atoms with Gasteiger partial charge in [-0.2, -0.15) is 0 Å². The Morgan fingerprint density at radius 3 is 2.76 bits per heavy atom. The molecule has 0 aliphatic rings. The van der Waals surface area contributed by atoms with Crippen molar-refractivity contribution < 1.29 is 19.1 Å². The van der Waals surface area contributed by atoms with E-state index in [9.17, 15) is 9.59 Å². The standard InChI is InChI=1S/C17H19N3O4S/c1-3-4-14(24-16(19)21)15-7-10(9-25-15)12-6-5-11(8-13(12)18)20-17(22)23-2/h3,5-9,14H,1,4,18H2,2H3,(H2,19,21)(H,20,22)/t14-/m0/s1. The van der Waals surface area contributed by atoms with Crippen molar-refractivity contribution in [2.45, 2.75) is 12.5 Å². The number of methoxy groups -OCH3 is 1. The molecule has 2 aromatic rings. The number of nitrogens with two attached hydrogens (primary N) is 2. The Labute approximate surface area is 149 Å². The average Bonchev–Trinajstić information content (AvgIpc) is 3.03. The summed E-state index contributed by atoms with van der Waals surface area (Å²) in [6, 6.07) is 7.05. The van der Waals surface area contributed by atoms with Crippen LogP contribution in [0.15, 0.2) is 42.3 Å². The van der Waals surface area contributed by atoms with Gasteiger partial charge in [0.2, 0.25) is 0 Å². The van der Waals surface area contributed by atoms with Crippen LogP contribution in [-0.2, 0) is 9.47 Å². The first-order valence-corrected chi connectivity index (χ1v) is 8.22. The molecule has 2 amide bonds. The van der Waals surface area contributed by atoms with Crippen LogP contribution < -0.4 is 16.8 Å². The van der Waals surface area contributed by atoms with Crippen LogP contribution >= 0.6 is 11.3 Å². The molecule has 25 heavy (non-hydrogen) atoms. The van der Waals surface area contributed by atoms with Crippen LogP contribution in [0.5, 0.6) is 0 Å². The molecule has 0 bridgehead atoms. The van der Waals surface area contributed by atoms with E-state index in [0.717, 1.165) is 16.0 Å². The number of benzene rings is 1. The van der Waals surface area contributed by atoms with Crippen LogP contribution in [0.25, 0.3) is 11.1 Å². The Morgan fingerprint density at radius 2 is 2.16 bits per heavy atom. The summed E-state index contributed by atoms with van der Waals surface area (Å²) in [5, 5.41) is 4.46.